The lowest BCUT2D eigenvalue weighted by Gasteiger charge is -1.88. The van der Waals surface area contributed by atoms with Crippen molar-refractivity contribution in [3.8, 4) is 0 Å². The highest BCUT2D eigenvalue weighted by molar-refractivity contribution is 5.90. The van der Waals surface area contributed by atoms with E-state index >= 15 is 0 Å². The monoisotopic (exact) mass is 139 g/mol. The van der Waals surface area contributed by atoms with Crippen LogP contribution in [0.25, 0.3) is 0 Å². The predicted molar refractivity (Wildman–Crippen MR) is 36.5 cm³/mol. The highest BCUT2D eigenvalue weighted by Gasteiger charge is 2.04. The van der Waals surface area contributed by atoms with E-state index in [9.17, 15) is 4.79 Å². The Morgan fingerprint density at radius 3 is 2.60 bits per heavy atom. The molecule has 1 rings (SSSR count). The van der Waals surface area contributed by atoms with E-state index in [1.54, 1.807) is 17.8 Å². The summed E-state index contributed by atoms with van der Waals surface area (Å²) in [6.45, 7) is 1.86. The van der Waals surface area contributed by atoms with Crippen LogP contribution in [0.15, 0.2) is 6.07 Å². The summed E-state index contributed by atoms with van der Waals surface area (Å²) in [5.41, 5.74) is 6.23. The van der Waals surface area contributed by atoms with Crippen LogP contribution in [-0.4, -0.2) is 15.7 Å². The van der Waals surface area contributed by atoms with Gasteiger partial charge in [0.1, 0.15) is 5.69 Å². The van der Waals surface area contributed by atoms with Crippen molar-refractivity contribution >= 4 is 5.91 Å². The Labute approximate surface area is 58.6 Å². The third-order valence-electron chi connectivity index (χ3n) is 1.37. The molecule has 0 aliphatic rings. The van der Waals surface area contributed by atoms with E-state index in [1.807, 2.05) is 6.92 Å². The Bertz CT molecular complexity index is 244. The molecule has 0 aliphatic carbocycles. The van der Waals surface area contributed by atoms with Gasteiger partial charge in [-0.25, -0.2) is 0 Å². The normalized spacial score (nSPS) is 9.80. The number of nitrogens with two attached hydrogens (primary N) is 1. The molecule has 4 heteroatoms. The molecule has 2 N–H and O–H groups in total. The SMILES string of the molecule is Cc1cc(C(N)=O)nn1C. The van der Waals surface area contributed by atoms with Gasteiger partial charge in [-0.15, -0.1) is 0 Å². The summed E-state index contributed by atoms with van der Waals surface area (Å²) in [5.74, 6) is -0.483. The van der Waals surface area contributed by atoms with Gasteiger partial charge in [0.05, 0.1) is 0 Å². The van der Waals surface area contributed by atoms with Gasteiger partial charge < -0.3 is 5.73 Å². The van der Waals surface area contributed by atoms with Gasteiger partial charge in [-0.2, -0.15) is 5.10 Å². The maximum absolute atomic E-state index is 10.5. The van der Waals surface area contributed by atoms with E-state index in [2.05, 4.69) is 5.10 Å². The molecule has 1 aromatic heterocycles. The van der Waals surface area contributed by atoms with Crippen molar-refractivity contribution in [2.45, 2.75) is 6.92 Å². The van der Waals surface area contributed by atoms with Crippen LogP contribution in [0.2, 0.25) is 0 Å². The van der Waals surface area contributed by atoms with Crippen molar-refractivity contribution in [3.05, 3.63) is 17.5 Å². The molecule has 0 aliphatic heterocycles. The number of primary amides is 1. The second kappa shape index (κ2) is 2.13. The van der Waals surface area contributed by atoms with Crippen LogP contribution in [0.5, 0.6) is 0 Å². The van der Waals surface area contributed by atoms with Crippen molar-refractivity contribution in [3.63, 3.8) is 0 Å². The number of nitrogens with zero attached hydrogens (tertiary/aromatic N) is 2. The smallest absolute Gasteiger partial charge is 0.269 e. The Balaban J connectivity index is 3.10. The summed E-state index contributed by atoms with van der Waals surface area (Å²) in [6, 6.07) is 1.66. The highest BCUT2D eigenvalue weighted by atomic mass is 16.1. The first kappa shape index (κ1) is 6.80. The molecule has 0 unspecified atom stereocenters. The fourth-order valence-corrected chi connectivity index (χ4v) is 0.681. The molecule has 0 bridgehead atoms. The summed E-state index contributed by atoms with van der Waals surface area (Å²) >= 11 is 0. The molecule has 0 saturated heterocycles. The van der Waals surface area contributed by atoms with E-state index in [0.29, 0.717) is 5.69 Å². The summed E-state index contributed by atoms with van der Waals surface area (Å²) in [6.07, 6.45) is 0. The molecule has 0 aromatic carbocycles. The van der Waals surface area contributed by atoms with E-state index in [1.165, 1.54) is 0 Å². The lowest BCUT2D eigenvalue weighted by molar-refractivity contribution is 0.0995. The maximum Gasteiger partial charge on any atom is 0.269 e. The molecule has 4 nitrogen and oxygen atoms in total. The minimum absolute atomic E-state index is 0.319. The number of hydrogen-bond donors (Lipinski definition) is 1. The molecule has 10 heavy (non-hydrogen) atoms. The van der Waals surface area contributed by atoms with Crippen LogP contribution in [0.4, 0.5) is 0 Å². The average molecular weight is 139 g/mol. The summed E-state index contributed by atoms with van der Waals surface area (Å²) < 4.78 is 1.61. The number of carbonyl (C=O) groups excluding carboxylic acids is 1. The number of rotatable bonds is 1. The van der Waals surface area contributed by atoms with E-state index in [-0.39, 0.29) is 0 Å². The van der Waals surface area contributed by atoms with Gasteiger partial charge in [0.2, 0.25) is 0 Å². The molecular weight excluding hydrogens is 130 g/mol. The molecule has 0 saturated carbocycles. The first-order valence-electron chi connectivity index (χ1n) is 2.91. The third kappa shape index (κ3) is 1.00. The van der Waals surface area contributed by atoms with Crippen molar-refractivity contribution in [2.75, 3.05) is 0 Å². The third-order valence-corrected chi connectivity index (χ3v) is 1.37. The Hall–Kier alpha value is -1.32. The van der Waals surface area contributed by atoms with Gasteiger partial charge in [0.15, 0.2) is 0 Å². The standard InChI is InChI=1S/C6H9N3O/c1-4-3-5(6(7)10)8-9(4)2/h3H,1-2H3,(H2,7,10). The lowest BCUT2D eigenvalue weighted by Crippen LogP contribution is -2.11. The van der Waals surface area contributed by atoms with E-state index < -0.39 is 5.91 Å². The van der Waals surface area contributed by atoms with E-state index in [0.717, 1.165) is 5.69 Å². The molecule has 54 valence electrons. The molecule has 0 fully saturated rings. The van der Waals surface area contributed by atoms with Gasteiger partial charge in [-0.1, -0.05) is 0 Å². The van der Waals surface area contributed by atoms with Gasteiger partial charge >= 0.3 is 0 Å². The number of aryl methyl sites for hydroxylation is 2. The number of aromatic nitrogens is 2. The van der Waals surface area contributed by atoms with Crippen LogP contribution in [0.1, 0.15) is 16.2 Å². The molecule has 0 radical (unpaired) electrons. The fourth-order valence-electron chi connectivity index (χ4n) is 0.681. The van der Waals surface area contributed by atoms with Crippen molar-refractivity contribution < 1.29 is 4.79 Å². The number of amides is 1. The fraction of sp³-hybridized carbons (Fsp3) is 0.333. The van der Waals surface area contributed by atoms with Gasteiger partial charge in [-0.3, -0.25) is 9.48 Å². The van der Waals surface area contributed by atoms with Crippen molar-refractivity contribution in [1.82, 2.24) is 9.78 Å². The van der Waals surface area contributed by atoms with Crippen molar-refractivity contribution in [1.29, 1.82) is 0 Å². The van der Waals surface area contributed by atoms with E-state index in [4.69, 9.17) is 5.73 Å². The first-order valence-corrected chi connectivity index (χ1v) is 2.91. The van der Waals surface area contributed by atoms with Crippen LogP contribution >= 0.6 is 0 Å². The maximum atomic E-state index is 10.5. The lowest BCUT2D eigenvalue weighted by atomic mass is 10.4. The molecular formula is C6H9N3O. The summed E-state index contributed by atoms with van der Waals surface area (Å²) in [5, 5.41) is 3.85. The summed E-state index contributed by atoms with van der Waals surface area (Å²) in [4.78, 5) is 10.5. The van der Waals surface area contributed by atoms with Crippen LogP contribution in [-0.2, 0) is 7.05 Å². The Morgan fingerprint density at radius 1 is 1.80 bits per heavy atom. The van der Waals surface area contributed by atoms with Gasteiger partial charge in [0.25, 0.3) is 5.91 Å². The Kier molecular flexibility index (Phi) is 1.45. The number of carbonyl (C=O) groups is 1. The largest absolute Gasteiger partial charge is 0.364 e. The molecule has 1 amide bonds. The zero-order valence-electron chi connectivity index (χ0n) is 5.96. The predicted octanol–water partition coefficient (Wildman–Crippen LogP) is -0.173. The molecule has 1 aromatic rings. The average Bonchev–Trinajstić information content (AvgIpc) is 2.13. The summed E-state index contributed by atoms with van der Waals surface area (Å²) in [7, 11) is 1.77. The second-order valence-electron chi connectivity index (χ2n) is 2.16. The second-order valence-corrected chi connectivity index (χ2v) is 2.16. The van der Waals surface area contributed by atoms with Gasteiger partial charge in [0, 0.05) is 12.7 Å². The highest BCUT2D eigenvalue weighted by Crippen LogP contribution is 1.98. The topological polar surface area (TPSA) is 60.9 Å². The Morgan fingerprint density at radius 2 is 2.40 bits per heavy atom. The zero-order valence-corrected chi connectivity index (χ0v) is 5.96. The van der Waals surface area contributed by atoms with Gasteiger partial charge in [-0.05, 0) is 13.0 Å². The minimum Gasteiger partial charge on any atom is -0.364 e. The minimum atomic E-state index is -0.483. The molecule has 0 atom stereocenters. The first-order chi connectivity index (χ1) is 4.61. The molecule has 1 heterocycles. The van der Waals surface area contributed by atoms with Crippen LogP contribution in [0, 0.1) is 6.92 Å². The quantitative estimate of drug-likeness (QED) is 0.587. The van der Waals surface area contributed by atoms with Crippen LogP contribution in [0.3, 0.4) is 0 Å². The zero-order chi connectivity index (χ0) is 7.72. The van der Waals surface area contributed by atoms with Crippen molar-refractivity contribution in [2.24, 2.45) is 12.8 Å². The van der Waals surface area contributed by atoms with Crippen LogP contribution < -0.4 is 5.73 Å². The molecule has 0 spiro atoms. The number of hydrogen-bond acceptors (Lipinski definition) is 2.